The number of carbonyl (C=O) groups is 1. The molecule has 29 heavy (non-hydrogen) atoms. The topological polar surface area (TPSA) is 64.1 Å². The first kappa shape index (κ1) is 19.3. The van der Waals surface area contributed by atoms with Crippen LogP contribution in [0.1, 0.15) is 26.5 Å². The number of pyridine rings is 1. The Morgan fingerprint density at radius 3 is 2.69 bits per heavy atom. The maximum atomic E-state index is 12.6. The first-order valence-electron chi connectivity index (χ1n) is 9.09. The van der Waals surface area contributed by atoms with E-state index in [-0.39, 0.29) is 5.91 Å². The van der Waals surface area contributed by atoms with Crippen LogP contribution in [-0.4, -0.2) is 15.9 Å². The zero-order valence-corrected chi connectivity index (χ0v) is 17.4. The maximum absolute atomic E-state index is 12.6. The van der Waals surface area contributed by atoms with Crippen molar-refractivity contribution >= 4 is 28.6 Å². The van der Waals surface area contributed by atoms with E-state index in [2.05, 4.69) is 15.3 Å². The number of carbonyl (C=O) groups excluding carboxylic acids is 1. The van der Waals surface area contributed by atoms with Crippen molar-refractivity contribution in [1.29, 1.82) is 0 Å². The van der Waals surface area contributed by atoms with E-state index in [0.29, 0.717) is 18.0 Å². The number of benzene rings is 1. The molecule has 0 unspecified atom stereocenters. The van der Waals surface area contributed by atoms with Gasteiger partial charge in [0.25, 0.3) is 5.91 Å². The Labute approximate surface area is 177 Å². The highest BCUT2D eigenvalue weighted by Crippen LogP contribution is 2.31. The fraction of sp³-hybridized carbons (Fsp3) is 0.136. The smallest absolute Gasteiger partial charge is 0.263 e. The number of aryl methyl sites for hydroxylation is 1. The molecule has 146 valence electrons. The highest BCUT2D eigenvalue weighted by atomic mass is 32.1. The van der Waals surface area contributed by atoms with E-state index in [0.717, 1.165) is 32.5 Å². The minimum atomic E-state index is -0.0975. The number of ether oxygens (including phenoxy) is 1. The molecular weight excluding hydrogens is 402 g/mol. The number of amides is 1. The van der Waals surface area contributed by atoms with E-state index in [4.69, 9.17) is 4.74 Å². The van der Waals surface area contributed by atoms with Gasteiger partial charge in [-0.15, -0.1) is 22.7 Å². The largest absolute Gasteiger partial charge is 0.489 e. The van der Waals surface area contributed by atoms with Crippen molar-refractivity contribution in [3.8, 4) is 15.6 Å². The molecule has 0 saturated carbocycles. The average Bonchev–Trinajstić information content (AvgIpc) is 3.42. The van der Waals surface area contributed by atoms with Crippen LogP contribution in [0.4, 0.5) is 0 Å². The van der Waals surface area contributed by atoms with Crippen LogP contribution in [0.3, 0.4) is 0 Å². The zero-order valence-electron chi connectivity index (χ0n) is 15.8. The van der Waals surface area contributed by atoms with Crippen LogP contribution in [0.2, 0.25) is 0 Å². The van der Waals surface area contributed by atoms with Crippen molar-refractivity contribution in [2.45, 2.75) is 20.1 Å². The highest BCUT2D eigenvalue weighted by molar-refractivity contribution is 7.22. The van der Waals surface area contributed by atoms with Gasteiger partial charge < -0.3 is 10.1 Å². The Morgan fingerprint density at radius 2 is 1.97 bits per heavy atom. The summed E-state index contributed by atoms with van der Waals surface area (Å²) in [7, 11) is 0. The Balaban J connectivity index is 1.32. The second kappa shape index (κ2) is 8.98. The van der Waals surface area contributed by atoms with E-state index in [1.54, 1.807) is 23.7 Å². The first-order valence-corrected chi connectivity index (χ1v) is 10.8. The molecule has 1 aromatic carbocycles. The fourth-order valence-corrected chi connectivity index (χ4v) is 4.51. The van der Waals surface area contributed by atoms with Gasteiger partial charge >= 0.3 is 0 Å². The number of aromatic nitrogens is 2. The molecule has 0 bridgehead atoms. The van der Waals surface area contributed by atoms with Crippen molar-refractivity contribution in [2.24, 2.45) is 0 Å². The number of nitrogens with zero attached hydrogens (tertiary/aromatic N) is 2. The summed E-state index contributed by atoms with van der Waals surface area (Å²) in [6.45, 7) is 2.80. The predicted molar refractivity (Wildman–Crippen MR) is 116 cm³/mol. The monoisotopic (exact) mass is 421 g/mol. The molecule has 0 aliphatic rings. The minimum absolute atomic E-state index is 0.0975. The van der Waals surface area contributed by atoms with Gasteiger partial charge in [-0.3, -0.25) is 9.78 Å². The van der Waals surface area contributed by atoms with Gasteiger partial charge in [0.05, 0.1) is 10.6 Å². The number of thiophene rings is 1. The van der Waals surface area contributed by atoms with Gasteiger partial charge in [-0.1, -0.05) is 24.3 Å². The van der Waals surface area contributed by atoms with Gasteiger partial charge in [-0.25, -0.2) is 4.98 Å². The van der Waals surface area contributed by atoms with Gasteiger partial charge in [0, 0.05) is 24.5 Å². The number of hydrogen-bond acceptors (Lipinski definition) is 6. The Hall–Kier alpha value is -3.03. The van der Waals surface area contributed by atoms with Gasteiger partial charge in [0.1, 0.15) is 22.2 Å². The molecule has 0 fully saturated rings. The lowest BCUT2D eigenvalue weighted by Gasteiger charge is -2.08. The molecular formula is C22H19N3O2S2. The molecule has 1 amide bonds. The molecule has 3 aromatic heterocycles. The molecule has 0 aliphatic carbocycles. The second-order valence-corrected chi connectivity index (χ2v) is 8.33. The minimum Gasteiger partial charge on any atom is -0.489 e. The Morgan fingerprint density at radius 1 is 1.10 bits per heavy atom. The molecule has 3 heterocycles. The molecule has 5 nitrogen and oxygen atoms in total. The normalized spacial score (nSPS) is 10.7. The maximum Gasteiger partial charge on any atom is 0.263 e. The Kier molecular flexibility index (Phi) is 5.97. The van der Waals surface area contributed by atoms with Gasteiger partial charge in [0.2, 0.25) is 0 Å². The number of nitrogens with one attached hydrogen (secondary N) is 1. The SMILES string of the molecule is Cc1nc(-c2cccs2)sc1C(=O)NCc1ccc(OCc2cccnc2)cc1. The molecule has 4 aromatic rings. The van der Waals surface area contributed by atoms with Crippen LogP contribution >= 0.6 is 22.7 Å². The van der Waals surface area contributed by atoms with Crippen LogP contribution in [0.5, 0.6) is 5.75 Å². The molecule has 1 N–H and O–H groups in total. The third-order valence-electron chi connectivity index (χ3n) is 4.24. The van der Waals surface area contributed by atoms with E-state index in [1.165, 1.54) is 11.3 Å². The molecule has 0 saturated heterocycles. The van der Waals surface area contributed by atoms with Crippen molar-refractivity contribution in [1.82, 2.24) is 15.3 Å². The fourth-order valence-electron chi connectivity index (χ4n) is 2.73. The molecule has 0 radical (unpaired) electrons. The van der Waals surface area contributed by atoms with Gasteiger partial charge in [-0.05, 0) is 42.1 Å². The third kappa shape index (κ3) is 4.88. The van der Waals surface area contributed by atoms with Crippen molar-refractivity contribution in [3.05, 3.63) is 88.0 Å². The van der Waals surface area contributed by atoms with Crippen LogP contribution in [0.25, 0.3) is 9.88 Å². The van der Waals surface area contributed by atoms with Crippen LogP contribution in [0, 0.1) is 6.92 Å². The number of thiazole rings is 1. The Bertz CT molecular complexity index is 1080. The lowest BCUT2D eigenvalue weighted by molar-refractivity contribution is 0.0954. The van der Waals surface area contributed by atoms with E-state index in [1.807, 2.05) is 60.8 Å². The van der Waals surface area contributed by atoms with Crippen LogP contribution in [-0.2, 0) is 13.2 Å². The molecule has 0 spiro atoms. The molecule has 4 rings (SSSR count). The van der Waals surface area contributed by atoms with Crippen LogP contribution in [0.15, 0.2) is 66.3 Å². The van der Waals surface area contributed by atoms with Gasteiger partial charge in [0.15, 0.2) is 0 Å². The summed E-state index contributed by atoms with van der Waals surface area (Å²) < 4.78 is 5.76. The van der Waals surface area contributed by atoms with Gasteiger partial charge in [-0.2, -0.15) is 0 Å². The third-order valence-corrected chi connectivity index (χ3v) is 6.43. The summed E-state index contributed by atoms with van der Waals surface area (Å²) in [6, 6.07) is 15.6. The van der Waals surface area contributed by atoms with E-state index < -0.39 is 0 Å². The number of rotatable bonds is 7. The highest BCUT2D eigenvalue weighted by Gasteiger charge is 2.16. The summed E-state index contributed by atoms with van der Waals surface area (Å²) >= 11 is 3.05. The molecule has 0 aliphatic heterocycles. The second-order valence-electron chi connectivity index (χ2n) is 6.39. The zero-order chi connectivity index (χ0) is 20.1. The standard InChI is InChI=1S/C22H19N3O2S2/c1-15-20(29-22(25-15)19-5-3-11-28-19)21(26)24-13-16-6-8-18(9-7-16)27-14-17-4-2-10-23-12-17/h2-12H,13-14H2,1H3,(H,24,26). The average molecular weight is 422 g/mol. The van der Waals surface area contributed by atoms with Crippen molar-refractivity contribution in [3.63, 3.8) is 0 Å². The predicted octanol–water partition coefficient (Wildman–Crippen LogP) is 5.08. The van der Waals surface area contributed by atoms with E-state index in [9.17, 15) is 4.79 Å². The van der Waals surface area contributed by atoms with E-state index >= 15 is 0 Å². The van der Waals surface area contributed by atoms with Crippen molar-refractivity contribution < 1.29 is 9.53 Å². The summed E-state index contributed by atoms with van der Waals surface area (Å²) in [4.78, 5) is 22.9. The molecule has 7 heteroatoms. The molecule has 0 atom stereocenters. The summed E-state index contributed by atoms with van der Waals surface area (Å²) in [5.74, 6) is 0.683. The first-order chi connectivity index (χ1) is 14.2. The van der Waals surface area contributed by atoms with Crippen molar-refractivity contribution in [2.75, 3.05) is 0 Å². The summed E-state index contributed by atoms with van der Waals surface area (Å²) in [5.41, 5.74) is 2.79. The summed E-state index contributed by atoms with van der Waals surface area (Å²) in [5, 5.41) is 5.87. The number of hydrogen-bond donors (Lipinski definition) is 1. The lowest BCUT2D eigenvalue weighted by atomic mass is 10.2. The quantitative estimate of drug-likeness (QED) is 0.452. The lowest BCUT2D eigenvalue weighted by Crippen LogP contribution is -2.22. The van der Waals surface area contributed by atoms with Crippen LogP contribution < -0.4 is 10.1 Å². The summed E-state index contributed by atoms with van der Waals surface area (Å²) in [6.07, 6.45) is 3.53.